The van der Waals surface area contributed by atoms with Crippen LogP contribution in [0, 0.1) is 0 Å². The molecule has 2 rings (SSSR count). The van der Waals surface area contributed by atoms with Gasteiger partial charge in [-0.3, -0.25) is 0 Å². The number of esters is 1. The fraction of sp³-hybridized carbons (Fsp3) is 0.562. The Balaban J connectivity index is 0.000000224. The van der Waals surface area contributed by atoms with Crippen LogP contribution in [0.4, 0.5) is 0 Å². The molecule has 3 heteroatoms. The maximum atomic E-state index is 9.94. The Labute approximate surface area is 115 Å². The number of aliphatic hydroxyl groups excluding tert-OH is 1. The summed E-state index contributed by atoms with van der Waals surface area (Å²) in [5.74, 6) is 0.294. The van der Waals surface area contributed by atoms with E-state index in [4.69, 9.17) is 5.11 Å². The Morgan fingerprint density at radius 1 is 1.21 bits per heavy atom. The monoisotopic (exact) mass is 264 g/mol. The maximum Gasteiger partial charge on any atom is 0.331 e. The number of benzene rings is 1. The number of ether oxygens (including phenoxy) is 1. The molecule has 0 aromatic heterocycles. The molecule has 1 saturated carbocycles. The van der Waals surface area contributed by atoms with Crippen molar-refractivity contribution in [3.63, 3.8) is 0 Å². The lowest BCUT2D eigenvalue weighted by Gasteiger charge is -2.21. The molecule has 0 atom stereocenters. The van der Waals surface area contributed by atoms with Gasteiger partial charge in [-0.1, -0.05) is 49.6 Å². The molecule has 0 unspecified atom stereocenters. The Bertz CT molecular complexity index is 342. The van der Waals surface area contributed by atoms with Gasteiger partial charge in [-0.2, -0.15) is 0 Å². The van der Waals surface area contributed by atoms with Gasteiger partial charge < -0.3 is 9.84 Å². The van der Waals surface area contributed by atoms with Crippen LogP contribution in [0.2, 0.25) is 0 Å². The van der Waals surface area contributed by atoms with Crippen LogP contribution in [0.3, 0.4) is 0 Å². The Kier molecular flexibility index (Phi) is 7.91. The fourth-order valence-corrected chi connectivity index (χ4v) is 2.37. The predicted octanol–water partition coefficient (Wildman–Crippen LogP) is 3.28. The molecular weight excluding hydrogens is 240 g/mol. The zero-order valence-electron chi connectivity index (χ0n) is 11.7. The molecule has 0 heterocycles. The van der Waals surface area contributed by atoms with Gasteiger partial charge in [0.2, 0.25) is 0 Å². The second kappa shape index (κ2) is 9.56. The Hall–Kier alpha value is -1.35. The van der Waals surface area contributed by atoms with E-state index in [1.165, 1.54) is 32.1 Å². The lowest BCUT2D eigenvalue weighted by atomic mass is 9.84. The minimum absolute atomic E-state index is 0.333. The van der Waals surface area contributed by atoms with Crippen LogP contribution in [0.1, 0.15) is 50.5 Å². The number of carbonyl (C=O) groups excluding carboxylic acids is 1. The van der Waals surface area contributed by atoms with E-state index in [1.54, 1.807) is 12.5 Å². The van der Waals surface area contributed by atoms with Crippen molar-refractivity contribution >= 4 is 5.97 Å². The van der Waals surface area contributed by atoms with Crippen molar-refractivity contribution in [3.8, 4) is 0 Å². The highest BCUT2D eigenvalue weighted by Crippen LogP contribution is 2.31. The molecule has 0 aliphatic heterocycles. The van der Waals surface area contributed by atoms with Crippen molar-refractivity contribution < 1.29 is 14.6 Å². The van der Waals surface area contributed by atoms with Crippen LogP contribution < -0.4 is 0 Å². The van der Waals surface area contributed by atoms with E-state index in [0.717, 1.165) is 5.92 Å². The third-order valence-corrected chi connectivity index (χ3v) is 3.31. The molecule has 1 aliphatic rings. The molecule has 0 amide bonds. The summed E-state index contributed by atoms with van der Waals surface area (Å²) in [7, 11) is 0. The molecule has 1 aromatic rings. The number of hydrogen-bond donors (Lipinski definition) is 1. The third kappa shape index (κ3) is 6.39. The maximum absolute atomic E-state index is 9.94. The first-order chi connectivity index (χ1) is 9.27. The number of hydrogen-bond acceptors (Lipinski definition) is 3. The summed E-state index contributed by atoms with van der Waals surface area (Å²) in [6.07, 6.45) is 7.12. The van der Waals surface area contributed by atoms with Gasteiger partial charge >= 0.3 is 5.97 Å². The summed E-state index contributed by atoms with van der Waals surface area (Å²) in [5, 5.41) is 7.99. The van der Waals surface area contributed by atoms with Gasteiger partial charge in [0.15, 0.2) is 0 Å². The molecule has 1 N–H and O–H groups in total. The largest absolute Gasteiger partial charge is 0.464 e. The minimum Gasteiger partial charge on any atom is -0.464 e. The van der Waals surface area contributed by atoms with Crippen molar-refractivity contribution in [3.05, 3.63) is 35.9 Å². The van der Waals surface area contributed by atoms with Crippen molar-refractivity contribution in [2.75, 3.05) is 13.2 Å². The normalized spacial score (nSPS) is 15.3. The minimum atomic E-state index is -0.567. The van der Waals surface area contributed by atoms with Crippen LogP contribution in [-0.4, -0.2) is 24.3 Å². The van der Waals surface area contributed by atoms with Crippen LogP contribution in [-0.2, 0) is 9.53 Å². The average molecular weight is 264 g/mol. The van der Waals surface area contributed by atoms with Crippen LogP contribution in [0.5, 0.6) is 0 Å². The number of aliphatic hydroxyl groups is 1. The molecule has 0 spiro atoms. The van der Waals surface area contributed by atoms with Gasteiger partial charge in [-0.05, 0) is 31.2 Å². The summed E-state index contributed by atoms with van der Waals surface area (Å²) < 4.78 is 4.30. The first-order valence-electron chi connectivity index (χ1n) is 7.09. The van der Waals surface area contributed by atoms with Crippen LogP contribution in [0.25, 0.3) is 0 Å². The van der Waals surface area contributed by atoms with Crippen molar-refractivity contribution in [2.24, 2.45) is 0 Å². The molecule has 1 aliphatic carbocycles. The summed E-state index contributed by atoms with van der Waals surface area (Å²) in [4.78, 5) is 9.94. The summed E-state index contributed by atoms with van der Waals surface area (Å²) in [5.41, 5.74) is 1.55. The molecule has 1 fully saturated rings. The van der Waals surface area contributed by atoms with Crippen LogP contribution >= 0.6 is 0 Å². The molecular formula is C16H24O3. The van der Waals surface area contributed by atoms with Crippen LogP contribution in [0.15, 0.2) is 30.3 Å². The lowest BCUT2D eigenvalue weighted by molar-refractivity contribution is -0.146. The van der Waals surface area contributed by atoms with E-state index in [2.05, 4.69) is 35.1 Å². The Morgan fingerprint density at radius 3 is 2.32 bits per heavy atom. The Morgan fingerprint density at radius 2 is 1.84 bits per heavy atom. The lowest BCUT2D eigenvalue weighted by Crippen LogP contribution is -2.07. The van der Waals surface area contributed by atoms with E-state index in [9.17, 15) is 4.79 Å². The molecule has 0 bridgehead atoms. The molecule has 0 radical (unpaired) electrons. The highest BCUT2D eigenvalue weighted by molar-refractivity contribution is 5.70. The first kappa shape index (κ1) is 15.7. The standard InChI is InChI=1S/C12H16.C4H8O3/c1-3-7-11(8-4-1)12-9-5-2-6-10-12;1-2-7-4(6)3-5/h1,3-4,7-8,12H,2,5-6,9-10H2;5H,2-3H2,1H3. The second-order valence-electron chi connectivity index (χ2n) is 4.71. The van der Waals surface area contributed by atoms with E-state index >= 15 is 0 Å². The summed E-state index contributed by atoms with van der Waals surface area (Å²) in [6.45, 7) is 1.50. The molecule has 3 nitrogen and oxygen atoms in total. The van der Waals surface area contributed by atoms with Crippen molar-refractivity contribution in [2.45, 2.75) is 44.9 Å². The zero-order chi connectivity index (χ0) is 13.9. The molecule has 0 saturated heterocycles. The van der Waals surface area contributed by atoms with Crippen molar-refractivity contribution in [1.29, 1.82) is 0 Å². The van der Waals surface area contributed by atoms with Gasteiger partial charge in [-0.15, -0.1) is 0 Å². The SMILES string of the molecule is CCOC(=O)CO.c1ccc(C2CCCCC2)cc1. The average Bonchev–Trinajstić information content (AvgIpc) is 2.50. The molecule has 19 heavy (non-hydrogen) atoms. The third-order valence-electron chi connectivity index (χ3n) is 3.31. The highest BCUT2D eigenvalue weighted by atomic mass is 16.5. The molecule has 1 aromatic carbocycles. The van der Waals surface area contributed by atoms with E-state index in [0.29, 0.717) is 6.61 Å². The van der Waals surface area contributed by atoms with E-state index < -0.39 is 12.6 Å². The molecule has 106 valence electrons. The highest BCUT2D eigenvalue weighted by Gasteiger charge is 2.14. The number of rotatable bonds is 3. The van der Waals surface area contributed by atoms with Gasteiger partial charge in [0.05, 0.1) is 6.61 Å². The fourth-order valence-electron chi connectivity index (χ4n) is 2.37. The van der Waals surface area contributed by atoms with E-state index in [-0.39, 0.29) is 0 Å². The summed E-state index contributed by atoms with van der Waals surface area (Å²) in [6, 6.07) is 11.0. The zero-order valence-corrected chi connectivity index (χ0v) is 11.7. The smallest absolute Gasteiger partial charge is 0.331 e. The summed E-state index contributed by atoms with van der Waals surface area (Å²) >= 11 is 0. The predicted molar refractivity (Wildman–Crippen MR) is 76.0 cm³/mol. The second-order valence-corrected chi connectivity index (χ2v) is 4.71. The van der Waals surface area contributed by atoms with Gasteiger partial charge in [0, 0.05) is 0 Å². The van der Waals surface area contributed by atoms with Gasteiger partial charge in [0.25, 0.3) is 0 Å². The topological polar surface area (TPSA) is 46.5 Å². The quantitative estimate of drug-likeness (QED) is 0.852. The van der Waals surface area contributed by atoms with E-state index in [1.807, 2.05) is 0 Å². The van der Waals surface area contributed by atoms with Gasteiger partial charge in [-0.25, -0.2) is 4.79 Å². The first-order valence-corrected chi connectivity index (χ1v) is 7.09. The van der Waals surface area contributed by atoms with Crippen molar-refractivity contribution in [1.82, 2.24) is 0 Å². The number of carbonyl (C=O) groups is 1. The van der Waals surface area contributed by atoms with Gasteiger partial charge in [0.1, 0.15) is 6.61 Å².